The molecule has 1 saturated heterocycles. The van der Waals surface area contributed by atoms with Gasteiger partial charge in [-0.05, 0) is 18.2 Å². The lowest BCUT2D eigenvalue weighted by atomic mass is 9.92. The molecule has 0 aliphatic carbocycles. The maximum atomic E-state index is 13.4. The van der Waals surface area contributed by atoms with Crippen molar-refractivity contribution >= 4 is 17.6 Å². The Balaban J connectivity index is 1.67. The molecule has 1 fully saturated rings. The molecule has 7 nitrogen and oxygen atoms in total. The summed E-state index contributed by atoms with van der Waals surface area (Å²) in [6.07, 6.45) is 0.752. The van der Waals surface area contributed by atoms with Crippen LogP contribution >= 0.6 is 0 Å². The molecule has 2 heterocycles. The molecule has 2 aliphatic rings. The van der Waals surface area contributed by atoms with Crippen LogP contribution in [-0.4, -0.2) is 49.1 Å². The summed E-state index contributed by atoms with van der Waals surface area (Å²) in [7, 11) is 1.25. The van der Waals surface area contributed by atoms with Crippen LogP contribution in [0.25, 0.3) is 0 Å². The Bertz CT molecular complexity index is 793. The van der Waals surface area contributed by atoms with Gasteiger partial charge in [0.05, 0.1) is 25.5 Å². The molecule has 27 heavy (non-hydrogen) atoms. The number of nitrogens with zero attached hydrogens (tertiary/aromatic N) is 1. The van der Waals surface area contributed by atoms with Crippen molar-refractivity contribution in [2.45, 2.75) is 30.6 Å². The fourth-order valence-electron chi connectivity index (χ4n) is 2.98. The first-order valence-electron chi connectivity index (χ1n) is 8.22. The van der Waals surface area contributed by atoms with E-state index in [2.05, 4.69) is 21.8 Å². The van der Waals surface area contributed by atoms with Gasteiger partial charge >= 0.3 is 5.97 Å². The minimum atomic E-state index is -1.51. The zero-order valence-corrected chi connectivity index (χ0v) is 14.5. The molecular formula is C18H18F2N2O5. The standard InChI is InChI=1S/C18H18F2N2O5/c1-3-18(17(24)21-13-7-15(26-9-13)16(23)25-2)8-14(22-27-18)10-4-11(19)6-12(20)5-10/h3-6,13,15H,1,7-9H2,2H3,(H,21,24). The summed E-state index contributed by atoms with van der Waals surface area (Å²) in [6.45, 7) is 3.76. The highest BCUT2D eigenvalue weighted by molar-refractivity contribution is 6.06. The van der Waals surface area contributed by atoms with E-state index in [9.17, 15) is 18.4 Å². The number of carbonyl (C=O) groups is 2. The van der Waals surface area contributed by atoms with Crippen molar-refractivity contribution in [1.29, 1.82) is 0 Å². The van der Waals surface area contributed by atoms with Crippen molar-refractivity contribution in [3.8, 4) is 0 Å². The second kappa shape index (κ2) is 7.43. The van der Waals surface area contributed by atoms with E-state index >= 15 is 0 Å². The SMILES string of the molecule is C=CC1(C(=O)NC2COC(C(=O)OC)C2)CC(c2cc(F)cc(F)c2)=NO1. The lowest BCUT2D eigenvalue weighted by molar-refractivity contribution is -0.151. The van der Waals surface area contributed by atoms with Crippen molar-refractivity contribution in [3.63, 3.8) is 0 Å². The normalized spacial score (nSPS) is 26.9. The molecule has 2 aliphatic heterocycles. The van der Waals surface area contributed by atoms with E-state index in [1.54, 1.807) is 0 Å². The average Bonchev–Trinajstić information content (AvgIpc) is 3.28. The van der Waals surface area contributed by atoms with E-state index < -0.39 is 41.3 Å². The number of benzene rings is 1. The quantitative estimate of drug-likeness (QED) is 0.617. The van der Waals surface area contributed by atoms with Crippen molar-refractivity contribution < 1.29 is 32.7 Å². The second-order valence-electron chi connectivity index (χ2n) is 6.31. The van der Waals surface area contributed by atoms with Crippen LogP contribution in [0.15, 0.2) is 36.0 Å². The summed E-state index contributed by atoms with van der Waals surface area (Å²) in [5.74, 6) is -2.57. The second-order valence-corrected chi connectivity index (χ2v) is 6.31. The highest BCUT2D eigenvalue weighted by atomic mass is 19.1. The van der Waals surface area contributed by atoms with Gasteiger partial charge in [0.15, 0.2) is 6.10 Å². The molecule has 0 saturated carbocycles. The first-order chi connectivity index (χ1) is 12.9. The molecule has 1 amide bonds. The van der Waals surface area contributed by atoms with Gasteiger partial charge in [-0.15, -0.1) is 0 Å². The minimum absolute atomic E-state index is 0.0424. The van der Waals surface area contributed by atoms with Gasteiger partial charge in [0.25, 0.3) is 5.91 Å². The van der Waals surface area contributed by atoms with Crippen LogP contribution in [-0.2, 0) is 23.9 Å². The Hall–Kier alpha value is -2.81. The smallest absolute Gasteiger partial charge is 0.335 e. The van der Waals surface area contributed by atoms with Crippen molar-refractivity contribution in [2.75, 3.05) is 13.7 Å². The third-order valence-corrected chi connectivity index (χ3v) is 4.46. The number of ether oxygens (including phenoxy) is 2. The zero-order valence-electron chi connectivity index (χ0n) is 14.5. The van der Waals surface area contributed by atoms with Gasteiger partial charge < -0.3 is 19.6 Å². The number of hydrogen-bond donors (Lipinski definition) is 1. The maximum absolute atomic E-state index is 13.4. The summed E-state index contributed by atoms with van der Waals surface area (Å²) < 4.78 is 36.8. The Morgan fingerprint density at radius 1 is 1.37 bits per heavy atom. The molecule has 3 unspecified atom stereocenters. The van der Waals surface area contributed by atoms with E-state index in [1.807, 2.05) is 0 Å². The number of rotatable bonds is 5. The summed E-state index contributed by atoms with van der Waals surface area (Å²) in [4.78, 5) is 29.5. The van der Waals surface area contributed by atoms with E-state index in [4.69, 9.17) is 9.57 Å². The average molecular weight is 380 g/mol. The molecule has 0 spiro atoms. The van der Waals surface area contributed by atoms with Gasteiger partial charge in [-0.3, -0.25) is 4.79 Å². The van der Waals surface area contributed by atoms with Gasteiger partial charge in [0.2, 0.25) is 5.60 Å². The van der Waals surface area contributed by atoms with Gasteiger partial charge in [-0.25, -0.2) is 13.6 Å². The monoisotopic (exact) mass is 380 g/mol. The molecule has 1 aromatic rings. The van der Waals surface area contributed by atoms with Crippen molar-refractivity contribution in [2.24, 2.45) is 5.16 Å². The van der Waals surface area contributed by atoms with Crippen LogP contribution in [0.3, 0.4) is 0 Å². The summed E-state index contributed by atoms with van der Waals surface area (Å²) in [6, 6.07) is 2.53. The summed E-state index contributed by atoms with van der Waals surface area (Å²) in [5.41, 5.74) is -1.11. The van der Waals surface area contributed by atoms with Gasteiger partial charge in [0.1, 0.15) is 11.6 Å². The van der Waals surface area contributed by atoms with Crippen LogP contribution in [0, 0.1) is 11.6 Å². The fourth-order valence-corrected chi connectivity index (χ4v) is 2.98. The van der Waals surface area contributed by atoms with Gasteiger partial charge in [-0.1, -0.05) is 11.7 Å². The number of esters is 1. The molecule has 1 aromatic carbocycles. The lowest BCUT2D eigenvalue weighted by Crippen LogP contribution is -2.49. The molecule has 0 aromatic heterocycles. The molecule has 3 rings (SSSR count). The maximum Gasteiger partial charge on any atom is 0.335 e. The van der Waals surface area contributed by atoms with Crippen LogP contribution in [0.1, 0.15) is 18.4 Å². The third kappa shape index (κ3) is 3.82. The molecule has 1 N–H and O–H groups in total. The number of hydrogen-bond acceptors (Lipinski definition) is 6. The zero-order chi connectivity index (χ0) is 19.6. The van der Waals surface area contributed by atoms with E-state index in [0.717, 1.165) is 18.2 Å². The number of nitrogens with one attached hydrogen (secondary N) is 1. The number of halogens is 2. The molecule has 144 valence electrons. The Labute approximate surface area is 154 Å². The first kappa shape index (κ1) is 19.0. The van der Waals surface area contributed by atoms with Crippen molar-refractivity contribution in [3.05, 3.63) is 48.1 Å². The highest BCUT2D eigenvalue weighted by Gasteiger charge is 2.46. The largest absolute Gasteiger partial charge is 0.467 e. The van der Waals surface area contributed by atoms with E-state index in [0.29, 0.717) is 0 Å². The molecule has 9 heteroatoms. The molecule has 0 radical (unpaired) electrons. The predicted octanol–water partition coefficient (Wildman–Crippen LogP) is 1.46. The topological polar surface area (TPSA) is 86.2 Å². The van der Waals surface area contributed by atoms with Gasteiger partial charge in [-0.2, -0.15) is 0 Å². The number of oxime groups is 1. The summed E-state index contributed by atoms with van der Waals surface area (Å²) >= 11 is 0. The molecule has 0 bridgehead atoms. The third-order valence-electron chi connectivity index (χ3n) is 4.46. The van der Waals surface area contributed by atoms with Crippen LogP contribution in [0.4, 0.5) is 8.78 Å². The number of carbonyl (C=O) groups excluding carboxylic acids is 2. The first-order valence-corrected chi connectivity index (χ1v) is 8.22. The Morgan fingerprint density at radius 2 is 2.07 bits per heavy atom. The van der Waals surface area contributed by atoms with Crippen LogP contribution < -0.4 is 5.32 Å². The number of methoxy groups -OCH3 is 1. The predicted molar refractivity (Wildman–Crippen MR) is 89.8 cm³/mol. The fraction of sp³-hybridized carbons (Fsp3) is 0.389. The lowest BCUT2D eigenvalue weighted by Gasteiger charge is -2.23. The Morgan fingerprint density at radius 3 is 2.70 bits per heavy atom. The van der Waals surface area contributed by atoms with Gasteiger partial charge in [0, 0.05) is 24.5 Å². The van der Waals surface area contributed by atoms with Crippen LogP contribution in [0.5, 0.6) is 0 Å². The van der Waals surface area contributed by atoms with Crippen LogP contribution in [0.2, 0.25) is 0 Å². The van der Waals surface area contributed by atoms with Crippen molar-refractivity contribution in [1.82, 2.24) is 5.32 Å². The van der Waals surface area contributed by atoms with E-state index in [-0.39, 0.29) is 30.7 Å². The molecule has 3 atom stereocenters. The summed E-state index contributed by atoms with van der Waals surface area (Å²) in [5, 5.41) is 6.54. The minimum Gasteiger partial charge on any atom is -0.467 e. The Kier molecular flexibility index (Phi) is 5.22. The van der Waals surface area contributed by atoms with E-state index in [1.165, 1.54) is 13.2 Å². The highest BCUT2D eigenvalue weighted by Crippen LogP contribution is 2.29. The number of amides is 1. The molecular weight excluding hydrogens is 362 g/mol.